The summed E-state index contributed by atoms with van der Waals surface area (Å²) in [5.41, 5.74) is 0. The summed E-state index contributed by atoms with van der Waals surface area (Å²) in [7, 11) is 0. The first kappa shape index (κ1) is 13.8. The molecule has 0 atom stereocenters. The molecule has 1 aromatic heterocycles. The van der Waals surface area contributed by atoms with Crippen LogP contribution in [-0.4, -0.2) is 52.4 Å². The number of nitrogens with one attached hydrogen (secondary N) is 2. The van der Waals surface area contributed by atoms with Crippen molar-refractivity contribution in [3.8, 4) is 0 Å². The molecule has 2 heterocycles. The molecule has 0 bridgehead atoms. The number of nitrogens with zero attached hydrogens (tertiary/aromatic N) is 3. The standard InChI is InChI=1S/C10H13N5O2S2/c1-2-3-11-8-13-14-10(19-8)18-6-7(16)15-5-4-12-9(15)17/h2H,1,3-6H2,(H,11,13)(H,12,17). The number of carbonyl (C=O) groups is 2. The minimum Gasteiger partial charge on any atom is -0.357 e. The lowest BCUT2D eigenvalue weighted by atomic mass is 10.5. The van der Waals surface area contributed by atoms with Gasteiger partial charge in [-0.05, 0) is 0 Å². The van der Waals surface area contributed by atoms with Gasteiger partial charge in [-0.1, -0.05) is 29.2 Å². The Hall–Kier alpha value is -1.61. The van der Waals surface area contributed by atoms with Gasteiger partial charge < -0.3 is 10.6 Å². The van der Waals surface area contributed by atoms with Gasteiger partial charge in [-0.3, -0.25) is 9.69 Å². The zero-order valence-corrected chi connectivity index (χ0v) is 11.7. The molecular formula is C10H13N5O2S2. The van der Waals surface area contributed by atoms with Crippen LogP contribution in [0.2, 0.25) is 0 Å². The molecule has 1 saturated heterocycles. The second-order valence-electron chi connectivity index (χ2n) is 3.61. The molecule has 7 nitrogen and oxygen atoms in total. The van der Waals surface area contributed by atoms with Gasteiger partial charge in [0.05, 0.1) is 5.75 Å². The quantitative estimate of drug-likeness (QED) is 0.596. The Labute approximate surface area is 118 Å². The number of anilines is 1. The number of amides is 3. The average Bonchev–Trinajstić information content (AvgIpc) is 3.02. The fourth-order valence-corrected chi connectivity index (χ4v) is 3.04. The summed E-state index contributed by atoms with van der Waals surface area (Å²) in [6, 6.07) is -0.323. The molecule has 9 heteroatoms. The van der Waals surface area contributed by atoms with Crippen molar-refractivity contribution >= 4 is 40.2 Å². The van der Waals surface area contributed by atoms with E-state index in [-0.39, 0.29) is 17.7 Å². The van der Waals surface area contributed by atoms with Crippen molar-refractivity contribution in [2.24, 2.45) is 0 Å². The topological polar surface area (TPSA) is 87.2 Å². The van der Waals surface area contributed by atoms with Crippen molar-refractivity contribution in [1.29, 1.82) is 0 Å². The lowest BCUT2D eigenvalue weighted by Gasteiger charge is -2.10. The van der Waals surface area contributed by atoms with Crippen LogP contribution in [0.15, 0.2) is 17.0 Å². The maximum atomic E-state index is 11.8. The number of hydrogen-bond acceptors (Lipinski definition) is 7. The maximum Gasteiger partial charge on any atom is 0.324 e. The van der Waals surface area contributed by atoms with E-state index >= 15 is 0 Å². The molecule has 19 heavy (non-hydrogen) atoms. The lowest BCUT2D eigenvalue weighted by Crippen LogP contribution is -2.35. The molecule has 102 valence electrons. The maximum absolute atomic E-state index is 11.8. The third-order valence-corrected chi connectivity index (χ3v) is 4.28. The van der Waals surface area contributed by atoms with E-state index < -0.39 is 0 Å². The molecule has 0 saturated carbocycles. The molecule has 1 aliphatic rings. The normalized spacial score (nSPS) is 14.3. The van der Waals surface area contributed by atoms with E-state index in [1.165, 1.54) is 28.0 Å². The number of carbonyl (C=O) groups excluding carboxylic acids is 2. The van der Waals surface area contributed by atoms with Crippen molar-refractivity contribution < 1.29 is 9.59 Å². The van der Waals surface area contributed by atoms with E-state index in [0.29, 0.717) is 29.1 Å². The van der Waals surface area contributed by atoms with E-state index in [1.54, 1.807) is 6.08 Å². The van der Waals surface area contributed by atoms with Crippen molar-refractivity contribution in [3.05, 3.63) is 12.7 Å². The minimum atomic E-state index is -0.323. The Morgan fingerprint density at radius 1 is 1.63 bits per heavy atom. The Bertz CT molecular complexity index is 490. The number of urea groups is 1. The van der Waals surface area contributed by atoms with E-state index in [2.05, 4.69) is 27.4 Å². The molecule has 2 N–H and O–H groups in total. The first-order valence-electron chi connectivity index (χ1n) is 5.60. The van der Waals surface area contributed by atoms with Gasteiger partial charge in [0, 0.05) is 19.6 Å². The highest BCUT2D eigenvalue weighted by Crippen LogP contribution is 2.25. The van der Waals surface area contributed by atoms with Crippen LogP contribution >= 0.6 is 23.1 Å². The summed E-state index contributed by atoms with van der Waals surface area (Å²) in [6.45, 7) is 5.16. The summed E-state index contributed by atoms with van der Waals surface area (Å²) in [6.07, 6.45) is 1.73. The first-order valence-corrected chi connectivity index (χ1v) is 7.40. The summed E-state index contributed by atoms with van der Waals surface area (Å²) < 4.78 is 0.694. The van der Waals surface area contributed by atoms with Gasteiger partial charge in [0.2, 0.25) is 11.0 Å². The van der Waals surface area contributed by atoms with Crippen LogP contribution in [0.4, 0.5) is 9.93 Å². The van der Waals surface area contributed by atoms with E-state index in [1.807, 2.05) is 0 Å². The Morgan fingerprint density at radius 3 is 3.16 bits per heavy atom. The van der Waals surface area contributed by atoms with Crippen molar-refractivity contribution in [2.45, 2.75) is 4.34 Å². The molecule has 0 radical (unpaired) electrons. The number of imide groups is 1. The van der Waals surface area contributed by atoms with Crippen LogP contribution < -0.4 is 10.6 Å². The van der Waals surface area contributed by atoms with Crippen molar-refractivity contribution in [1.82, 2.24) is 20.4 Å². The van der Waals surface area contributed by atoms with Gasteiger partial charge >= 0.3 is 6.03 Å². The highest BCUT2D eigenvalue weighted by atomic mass is 32.2. The average molecular weight is 299 g/mol. The van der Waals surface area contributed by atoms with Crippen LogP contribution in [0.1, 0.15) is 0 Å². The van der Waals surface area contributed by atoms with Gasteiger partial charge in [0.1, 0.15) is 0 Å². The van der Waals surface area contributed by atoms with Gasteiger partial charge in [0.15, 0.2) is 4.34 Å². The molecule has 1 fully saturated rings. The molecule has 3 amide bonds. The molecule has 0 aliphatic carbocycles. The van der Waals surface area contributed by atoms with Gasteiger partial charge in [-0.15, -0.1) is 16.8 Å². The third kappa shape index (κ3) is 3.67. The van der Waals surface area contributed by atoms with Gasteiger partial charge in [0.25, 0.3) is 0 Å². The summed E-state index contributed by atoms with van der Waals surface area (Å²) in [5, 5.41) is 14.2. The third-order valence-electron chi connectivity index (χ3n) is 2.28. The predicted molar refractivity (Wildman–Crippen MR) is 74.4 cm³/mol. The van der Waals surface area contributed by atoms with Crippen LogP contribution in [0.3, 0.4) is 0 Å². The zero-order chi connectivity index (χ0) is 13.7. The highest BCUT2D eigenvalue weighted by molar-refractivity contribution is 8.01. The zero-order valence-electron chi connectivity index (χ0n) is 10.1. The monoisotopic (exact) mass is 299 g/mol. The molecule has 1 aromatic rings. The van der Waals surface area contributed by atoms with E-state index in [0.717, 1.165) is 0 Å². The fourth-order valence-electron chi connectivity index (χ4n) is 1.41. The van der Waals surface area contributed by atoms with Crippen molar-refractivity contribution in [3.63, 3.8) is 0 Å². The Balaban J connectivity index is 1.81. The first-order chi connectivity index (χ1) is 9.20. The minimum absolute atomic E-state index is 0.184. The second kappa shape index (κ2) is 6.53. The predicted octanol–water partition coefficient (Wildman–Crippen LogP) is 0.780. The molecule has 0 aromatic carbocycles. The molecule has 1 aliphatic heterocycles. The molecular weight excluding hydrogens is 286 g/mol. The van der Waals surface area contributed by atoms with Gasteiger partial charge in [-0.2, -0.15) is 0 Å². The van der Waals surface area contributed by atoms with Crippen molar-refractivity contribution in [2.75, 3.05) is 30.7 Å². The fraction of sp³-hybridized carbons (Fsp3) is 0.400. The number of rotatable bonds is 6. The van der Waals surface area contributed by atoms with Crippen LogP contribution in [-0.2, 0) is 4.79 Å². The van der Waals surface area contributed by atoms with Crippen LogP contribution in [0.5, 0.6) is 0 Å². The number of aromatic nitrogens is 2. The summed E-state index contributed by atoms with van der Waals surface area (Å²) >= 11 is 2.65. The molecule has 0 unspecified atom stereocenters. The SMILES string of the molecule is C=CCNc1nnc(SCC(=O)N2CCNC2=O)s1. The van der Waals surface area contributed by atoms with Crippen LogP contribution in [0, 0.1) is 0 Å². The summed E-state index contributed by atoms with van der Waals surface area (Å²) in [4.78, 5) is 24.3. The highest BCUT2D eigenvalue weighted by Gasteiger charge is 2.26. The molecule has 2 rings (SSSR count). The van der Waals surface area contributed by atoms with Gasteiger partial charge in [-0.25, -0.2) is 4.79 Å². The molecule has 0 spiro atoms. The van der Waals surface area contributed by atoms with E-state index in [4.69, 9.17) is 0 Å². The largest absolute Gasteiger partial charge is 0.357 e. The van der Waals surface area contributed by atoms with Crippen LogP contribution in [0.25, 0.3) is 0 Å². The summed E-state index contributed by atoms with van der Waals surface area (Å²) in [5.74, 6) is -0.0282. The van der Waals surface area contributed by atoms with E-state index in [9.17, 15) is 9.59 Å². The lowest BCUT2D eigenvalue weighted by molar-refractivity contribution is -0.124. The Kier molecular flexibility index (Phi) is 4.74. The number of hydrogen-bond donors (Lipinski definition) is 2. The number of thioether (sulfide) groups is 1. The smallest absolute Gasteiger partial charge is 0.324 e. The Morgan fingerprint density at radius 2 is 2.47 bits per heavy atom. The second-order valence-corrected chi connectivity index (χ2v) is 5.81.